The summed E-state index contributed by atoms with van der Waals surface area (Å²) >= 11 is 0. The van der Waals surface area contributed by atoms with Crippen LogP contribution in [0.3, 0.4) is 0 Å². The molecule has 112 valence electrons. The molecule has 1 aliphatic heterocycles. The molecule has 1 fully saturated rings. The van der Waals surface area contributed by atoms with E-state index in [0.29, 0.717) is 5.92 Å². The third kappa shape index (κ3) is 3.53. The summed E-state index contributed by atoms with van der Waals surface area (Å²) in [6.07, 6.45) is 2.77. The molecule has 1 amide bonds. The van der Waals surface area contributed by atoms with E-state index in [0.717, 1.165) is 25.8 Å². The molecule has 1 heterocycles. The molecule has 0 bridgehead atoms. The number of carbonyl (C=O) groups is 1. The monoisotopic (exact) mass is 296 g/mol. The minimum absolute atomic E-state index is 0. The van der Waals surface area contributed by atoms with Gasteiger partial charge < -0.3 is 10.6 Å². The van der Waals surface area contributed by atoms with Crippen LogP contribution in [0, 0.1) is 0 Å². The van der Waals surface area contributed by atoms with Gasteiger partial charge in [0.1, 0.15) is 0 Å². The van der Waals surface area contributed by atoms with Gasteiger partial charge >= 0.3 is 0 Å². The van der Waals surface area contributed by atoms with Gasteiger partial charge in [-0.2, -0.15) is 0 Å². The number of hydrogen-bond acceptors (Lipinski definition) is 2. The average molecular weight is 297 g/mol. The van der Waals surface area contributed by atoms with Crippen LogP contribution >= 0.6 is 12.4 Å². The Hall–Kier alpha value is -1.06. The van der Waals surface area contributed by atoms with Crippen molar-refractivity contribution in [2.45, 2.75) is 51.1 Å². The standard InChI is InChI=1S/C16H24N2O.ClH/c1-3-7-15(17)16(19)18-11-10-14(12(18)2)13-8-5-4-6-9-13;/h4-6,8-9,12,14-15H,3,7,10-11,17H2,1-2H3;1H. The zero-order valence-electron chi connectivity index (χ0n) is 12.3. The lowest BCUT2D eigenvalue weighted by Gasteiger charge is -2.27. The fourth-order valence-corrected chi connectivity index (χ4v) is 3.04. The predicted molar refractivity (Wildman–Crippen MR) is 85.1 cm³/mol. The summed E-state index contributed by atoms with van der Waals surface area (Å²) < 4.78 is 0. The summed E-state index contributed by atoms with van der Waals surface area (Å²) in [6.45, 7) is 5.03. The maximum Gasteiger partial charge on any atom is 0.239 e. The lowest BCUT2D eigenvalue weighted by Crippen LogP contribution is -2.45. The van der Waals surface area contributed by atoms with Crippen LogP contribution in [0.25, 0.3) is 0 Å². The van der Waals surface area contributed by atoms with E-state index >= 15 is 0 Å². The summed E-state index contributed by atoms with van der Waals surface area (Å²) in [5.41, 5.74) is 7.29. The van der Waals surface area contributed by atoms with E-state index in [1.807, 2.05) is 11.0 Å². The number of nitrogens with two attached hydrogens (primary N) is 1. The van der Waals surface area contributed by atoms with Crippen molar-refractivity contribution in [2.24, 2.45) is 5.73 Å². The van der Waals surface area contributed by atoms with Gasteiger partial charge in [0.25, 0.3) is 0 Å². The van der Waals surface area contributed by atoms with E-state index in [2.05, 4.69) is 38.1 Å². The lowest BCUT2D eigenvalue weighted by atomic mass is 9.93. The first-order valence-corrected chi connectivity index (χ1v) is 7.26. The molecule has 0 spiro atoms. The van der Waals surface area contributed by atoms with Crippen molar-refractivity contribution < 1.29 is 4.79 Å². The van der Waals surface area contributed by atoms with Gasteiger partial charge in [0, 0.05) is 18.5 Å². The molecule has 3 unspecified atom stereocenters. The molecule has 3 atom stereocenters. The molecular weight excluding hydrogens is 272 g/mol. The zero-order valence-corrected chi connectivity index (χ0v) is 13.1. The first kappa shape index (κ1) is 17.0. The van der Waals surface area contributed by atoms with Crippen molar-refractivity contribution in [3.63, 3.8) is 0 Å². The quantitative estimate of drug-likeness (QED) is 0.928. The molecule has 0 saturated carbocycles. The van der Waals surface area contributed by atoms with Crippen molar-refractivity contribution in [1.29, 1.82) is 0 Å². The fraction of sp³-hybridized carbons (Fsp3) is 0.562. The highest BCUT2D eigenvalue weighted by Crippen LogP contribution is 2.33. The predicted octanol–water partition coefficient (Wildman–Crippen LogP) is 2.94. The van der Waals surface area contributed by atoms with Crippen molar-refractivity contribution >= 4 is 18.3 Å². The average Bonchev–Trinajstić information content (AvgIpc) is 2.81. The minimum Gasteiger partial charge on any atom is -0.338 e. The smallest absolute Gasteiger partial charge is 0.239 e. The van der Waals surface area contributed by atoms with Crippen molar-refractivity contribution in [2.75, 3.05) is 6.54 Å². The fourth-order valence-electron chi connectivity index (χ4n) is 3.04. The van der Waals surface area contributed by atoms with Gasteiger partial charge in [-0.05, 0) is 25.3 Å². The Morgan fingerprint density at radius 3 is 2.65 bits per heavy atom. The van der Waals surface area contributed by atoms with Crippen molar-refractivity contribution in [3.8, 4) is 0 Å². The van der Waals surface area contributed by atoms with Crippen LogP contribution in [0.4, 0.5) is 0 Å². The van der Waals surface area contributed by atoms with Gasteiger partial charge in [0.2, 0.25) is 5.91 Å². The number of halogens is 1. The molecule has 1 aromatic carbocycles. The van der Waals surface area contributed by atoms with Crippen LogP contribution < -0.4 is 5.73 Å². The largest absolute Gasteiger partial charge is 0.338 e. The summed E-state index contributed by atoms with van der Waals surface area (Å²) in [4.78, 5) is 14.3. The van der Waals surface area contributed by atoms with E-state index in [1.54, 1.807) is 0 Å². The number of nitrogens with zero attached hydrogens (tertiary/aromatic N) is 1. The first-order chi connectivity index (χ1) is 9.15. The van der Waals surface area contributed by atoms with E-state index in [9.17, 15) is 4.79 Å². The number of carbonyl (C=O) groups excluding carboxylic acids is 1. The Labute approximate surface area is 127 Å². The highest BCUT2D eigenvalue weighted by atomic mass is 35.5. The molecule has 20 heavy (non-hydrogen) atoms. The lowest BCUT2D eigenvalue weighted by molar-refractivity contribution is -0.133. The van der Waals surface area contributed by atoms with Gasteiger partial charge in [-0.1, -0.05) is 43.7 Å². The molecule has 1 aliphatic rings. The maximum atomic E-state index is 12.3. The second kappa shape index (κ2) is 7.65. The Kier molecular flexibility index (Phi) is 6.50. The van der Waals surface area contributed by atoms with E-state index in [-0.39, 0.29) is 30.4 Å². The second-order valence-corrected chi connectivity index (χ2v) is 5.47. The summed E-state index contributed by atoms with van der Waals surface area (Å²) in [7, 11) is 0. The van der Waals surface area contributed by atoms with Crippen LogP contribution in [0.15, 0.2) is 30.3 Å². The highest BCUT2D eigenvalue weighted by Gasteiger charge is 2.36. The van der Waals surface area contributed by atoms with Crippen LogP contribution in [0.1, 0.15) is 44.6 Å². The molecule has 0 aromatic heterocycles. The third-order valence-corrected chi connectivity index (χ3v) is 4.18. The number of benzene rings is 1. The van der Waals surface area contributed by atoms with E-state index in [1.165, 1.54) is 5.56 Å². The first-order valence-electron chi connectivity index (χ1n) is 7.26. The summed E-state index contributed by atoms with van der Waals surface area (Å²) in [5.74, 6) is 0.562. The number of rotatable bonds is 4. The van der Waals surface area contributed by atoms with Crippen LogP contribution in [0.5, 0.6) is 0 Å². The van der Waals surface area contributed by atoms with E-state index in [4.69, 9.17) is 5.73 Å². The molecule has 1 aromatic rings. The van der Waals surface area contributed by atoms with Crippen LogP contribution in [0.2, 0.25) is 0 Å². The third-order valence-electron chi connectivity index (χ3n) is 4.18. The van der Waals surface area contributed by atoms with Crippen LogP contribution in [-0.4, -0.2) is 29.4 Å². The Morgan fingerprint density at radius 1 is 1.40 bits per heavy atom. The zero-order chi connectivity index (χ0) is 13.8. The summed E-state index contributed by atoms with van der Waals surface area (Å²) in [6, 6.07) is 10.4. The molecular formula is C16H25ClN2O. The highest BCUT2D eigenvalue weighted by molar-refractivity contribution is 5.85. The van der Waals surface area contributed by atoms with Gasteiger partial charge in [0.15, 0.2) is 0 Å². The molecule has 0 radical (unpaired) electrons. The normalized spacial score (nSPS) is 23.2. The SMILES string of the molecule is CCCC(N)C(=O)N1CCC(c2ccccc2)C1C.Cl. The van der Waals surface area contributed by atoms with Crippen molar-refractivity contribution in [3.05, 3.63) is 35.9 Å². The van der Waals surface area contributed by atoms with Gasteiger partial charge in [-0.15, -0.1) is 12.4 Å². The molecule has 4 heteroatoms. The number of likely N-dealkylation sites (tertiary alicyclic amines) is 1. The Balaban J connectivity index is 0.00000200. The molecule has 3 nitrogen and oxygen atoms in total. The van der Waals surface area contributed by atoms with Gasteiger partial charge in [0.05, 0.1) is 6.04 Å². The topological polar surface area (TPSA) is 46.3 Å². The minimum atomic E-state index is -0.332. The number of amides is 1. The van der Waals surface area contributed by atoms with Crippen molar-refractivity contribution in [1.82, 2.24) is 4.90 Å². The Bertz CT molecular complexity index is 424. The van der Waals surface area contributed by atoms with Gasteiger partial charge in [-0.3, -0.25) is 4.79 Å². The summed E-state index contributed by atoms with van der Waals surface area (Å²) in [5, 5.41) is 0. The molecule has 0 aliphatic carbocycles. The Morgan fingerprint density at radius 2 is 2.05 bits per heavy atom. The second-order valence-electron chi connectivity index (χ2n) is 5.47. The van der Waals surface area contributed by atoms with Crippen LogP contribution in [-0.2, 0) is 4.79 Å². The number of hydrogen-bond donors (Lipinski definition) is 1. The maximum absolute atomic E-state index is 12.3. The molecule has 2 N–H and O–H groups in total. The van der Waals surface area contributed by atoms with E-state index < -0.39 is 0 Å². The molecule has 1 saturated heterocycles. The van der Waals surface area contributed by atoms with Gasteiger partial charge in [-0.25, -0.2) is 0 Å². The molecule has 2 rings (SSSR count).